The van der Waals surface area contributed by atoms with Gasteiger partial charge in [0.25, 0.3) is 11.4 Å². The molecule has 1 fully saturated rings. The molecule has 32 heavy (non-hydrogen) atoms. The predicted molar refractivity (Wildman–Crippen MR) is 124 cm³/mol. The van der Waals surface area contributed by atoms with E-state index in [2.05, 4.69) is 4.90 Å². The average molecular weight is 452 g/mol. The Labute approximate surface area is 188 Å². The maximum Gasteiger partial charge on any atom is 0.269 e. The highest BCUT2D eigenvalue weighted by atomic mass is 32.1. The lowest BCUT2D eigenvalue weighted by atomic mass is 9.83. The molecule has 1 saturated heterocycles. The number of thiocarbonyl (C=S) groups is 1. The van der Waals surface area contributed by atoms with Gasteiger partial charge in [-0.15, -0.1) is 0 Å². The molecular formula is C21H20N6O4S. The van der Waals surface area contributed by atoms with Gasteiger partial charge in [0.05, 0.1) is 21.6 Å². The summed E-state index contributed by atoms with van der Waals surface area (Å²) in [6.07, 6.45) is 1.96. The molecule has 10 nitrogen and oxygen atoms in total. The molecular weight excluding hydrogens is 432 g/mol. The van der Waals surface area contributed by atoms with Crippen LogP contribution in [0.1, 0.15) is 17.2 Å². The van der Waals surface area contributed by atoms with Gasteiger partial charge in [-0.05, 0) is 54.2 Å². The highest BCUT2D eigenvalue weighted by Crippen LogP contribution is 2.41. The predicted octanol–water partition coefficient (Wildman–Crippen LogP) is 3.10. The lowest BCUT2D eigenvalue weighted by Crippen LogP contribution is -2.42. The number of nitro groups is 2. The fourth-order valence-electron chi connectivity index (χ4n) is 4.20. The Kier molecular flexibility index (Phi) is 5.68. The molecule has 0 spiro atoms. The molecule has 0 amide bonds. The first kappa shape index (κ1) is 21.5. The van der Waals surface area contributed by atoms with Crippen molar-refractivity contribution in [2.75, 3.05) is 20.1 Å². The van der Waals surface area contributed by atoms with Crippen LogP contribution in [0.5, 0.6) is 0 Å². The smallest absolute Gasteiger partial charge is 0.269 e. The van der Waals surface area contributed by atoms with Crippen LogP contribution in [0.2, 0.25) is 0 Å². The number of piperidine rings is 1. The number of benzene rings is 2. The van der Waals surface area contributed by atoms with Crippen molar-refractivity contribution in [3.63, 3.8) is 0 Å². The van der Waals surface area contributed by atoms with Crippen LogP contribution in [-0.4, -0.2) is 50.7 Å². The molecule has 0 saturated carbocycles. The molecule has 0 aromatic heterocycles. The largest absolute Gasteiger partial charge is 0.375 e. The molecule has 0 radical (unpaired) electrons. The Hall–Kier alpha value is -3.70. The van der Waals surface area contributed by atoms with Gasteiger partial charge in [-0.2, -0.15) is 5.10 Å². The molecule has 11 heteroatoms. The van der Waals surface area contributed by atoms with Gasteiger partial charge in [-0.25, -0.2) is 5.01 Å². The van der Waals surface area contributed by atoms with Gasteiger partial charge in [0.1, 0.15) is 0 Å². The van der Waals surface area contributed by atoms with Crippen LogP contribution in [0.3, 0.4) is 0 Å². The van der Waals surface area contributed by atoms with E-state index in [-0.39, 0.29) is 28.4 Å². The van der Waals surface area contributed by atoms with E-state index in [4.69, 9.17) is 23.1 Å². The van der Waals surface area contributed by atoms with Gasteiger partial charge in [-0.1, -0.05) is 12.1 Å². The van der Waals surface area contributed by atoms with E-state index < -0.39 is 9.85 Å². The van der Waals surface area contributed by atoms with Gasteiger partial charge in [-0.3, -0.25) is 20.2 Å². The lowest BCUT2D eigenvalue weighted by Gasteiger charge is -2.34. The first-order valence-corrected chi connectivity index (χ1v) is 10.2. The number of hydrogen-bond acceptors (Lipinski definition) is 7. The molecule has 4 rings (SSSR count). The van der Waals surface area contributed by atoms with E-state index in [1.807, 2.05) is 13.1 Å². The minimum atomic E-state index is -0.439. The minimum Gasteiger partial charge on any atom is -0.375 e. The van der Waals surface area contributed by atoms with Crippen LogP contribution < -0.4 is 5.73 Å². The topological polar surface area (TPSA) is 131 Å². The Morgan fingerprint density at radius 2 is 1.66 bits per heavy atom. The molecule has 164 valence electrons. The fourth-order valence-corrected chi connectivity index (χ4v) is 4.35. The van der Waals surface area contributed by atoms with Crippen LogP contribution in [0.15, 0.2) is 59.2 Å². The number of fused-ring (bicyclic) bond motifs is 1. The third kappa shape index (κ3) is 4.07. The Bertz CT molecular complexity index is 1150. The van der Waals surface area contributed by atoms with Crippen molar-refractivity contribution in [2.24, 2.45) is 16.8 Å². The molecule has 2 heterocycles. The summed E-state index contributed by atoms with van der Waals surface area (Å²) in [5.41, 5.74) is 9.48. The maximum absolute atomic E-state index is 11.0. The molecule has 2 aromatic carbocycles. The summed E-state index contributed by atoms with van der Waals surface area (Å²) in [5.74, 6) is -0.0546. The Morgan fingerprint density at radius 3 is 2.19 bits per heavy atom. The van der Waals surface area contributed by atoms with Crippen LogP contribution in [0.25, 0.3) is 6.08 Å². The number of nitrogens with two attached hydrogens (primary N) is 1. The van der Waals surface area contributed by atoms with E-state index in [9.17, 15) is 20.2 Å². The van der Waals surface area contributed by atoms with Gasteiger partial charge in [0, 0.05) is 43.3 Å². The Balaban J connectivity index is 1.71. The summed E-state index contributed by atoms with van der Waals surface area (Å²) in [7, 11) is 2.00. The first-order valence-electron chi connectivity index (χ1n) is 9.80. The zero-order valence-corrected chi connectivity index (χ0v) is 17.9. The van der Waals surface area contributed by atoms with Crippen molar-refractivity contribution in [2.45, 2.75) is 6.04 Å². The second kappa shape index (κ2) is 8.44. The molecule has 2 N–H and O–H groups in total. The number of likely N-dealkylation sites (tertiary alicyclic amines) is 1. The highest BCUT2D eigenvalue weighted by Gasteiger charge is 2.43. The second-order valence-electron chi connectivity index (χ2n) is 7.78. The number of nitro benzene ring substituents is 2. The van der Waals surface area contributed by atoms with Crippen molar-refractivity contribution in [3.05, 3.63) is 85.5 Å². The maximum atomic E-state index is 11.0. The second-order valence-corrected chi connectivity index (χ2v) is 8.20. The molecule has 2 unspecified atom stereocenters. The SMILES string of the molecule is CN1CC(=Cc2ccc([N+](=O)[O-])cc2)C2=NN(C(N)=S)C(c3ccc([N+](=O)[O-])cc3)C2C1. The average Bonchev–Trinajstić information content (AvgIpc) is 3.14. The summed E-state index contributed by atoms with van der Waals surface area (Å²) in [4.78, 5) is 23.2. The quantitative estimate of drug-likeness (QED) is 0.425. The molecule has 0 bridgehead atoms. The van der Waals surface area contributed by atoms with Crippen molar-refractivity contribution < 1.29 is 9.85 Å². The third-order valence-electron chi connectivity index (χ3n) is 5.60. The summed E-state index contributed by atoms with van der Waals surface area (Å²) in [6.45, 7) is 1.35. The minimum absolute atomic E-state index is 0.00859. The molecule has 2 atom stereocenters. The van der Waals surface area contributed by atoms with Crippen LogP contribution in [0, 0.1) is 26.1 Å². The summed E-state index contributed by atoms with van der Waals surface area (Å²) >= 11 is 5.25. The van der Waals surface area contributed by atoms with E-state index in [1.165, 1.54) is 24.3 Å². The zero-order valence-electron chi connectivity index (χ0n) is 17.1. The van der Waals surface area contributed by atoms with E-state index in [0.29, 0.717) is 13.1 Å². The van der Waals surface area contributed by atoms with Crippen LogP contribution >= 0.6 is 12.2 Å². The van der Waals surface area contributed by atoms with Gasteiger partial charge < -0.3 is 10.6 Å². The van der Waals surface area contributed by atoms with Crippen molar-refractivity contribution in [3.8, 4) is 0 Å². The fraction of sp³-hybridized carbons (Fsp3) is 0.238. The number of non-ortho nitro benzene ring substituents is 2. The number of likely N-dealkylation sites (N-methyl/N-ethyl adjacent to an activating group) is 1. The molecule has 0 aliphatic carbocycles. The molecule has 2 aromatic rings. The van der Waals surface area contributed by atoms with Gasteiger partial charge in [0.2, 0.25) is 0 Å². The standard InChI is InChI=1S/C21H20N6O4S/c1-24-11-15(10-13-2-6-16(7-3-13)26(28)29)19-18(12-24)20(25(23-19)21(22)32)14-4-8-17(9-5-14)27(30)31/h2-10,18,20H,11-12H2,1H3,(H2,22,32). The number of hydrazone groups is 1. The molecule has 2 aliphatic heterocycles. The Morgan fingerprint density at radius 1 is 1.09 bits per heavy atom. The lowest BCUT2D eigenvalue weighted by molar-refractivity contribution is -0.385. The summed E-state index contributed by atoms with van der Waals surface area (Å²) in [5, 5.41) is 28.4. The zero-order chi connectivity index (χ0) is 23.0. The van der Waals surface area contributed by atoms with E-state index >= 15 is 0 Å². The van der Waals surface area contributed by atoms with Gasteiger partial charge in [0.15, 0.2) is 5.11 Å². The van der Waals surface area contributed by atoms with Crippen LogP contribution in [0.4, 0.5) is 11.4 Å². The number of rotatable bonds is 4. The number of nitrogens with zero attached hydrogens (tertiary/aromatic N) is 5. The van der Waals surface area contributed by atoms with E-state index in [1.54, 1.807) is 29.3 Å². The van der Waals surface area contributed by atoms with Gasteiger partial charge >= 0.3 is 0 Å². The molecule has 2 aliphatic rings. The summed E-state index contributed by atoms with van der Waals surface area (Å²) in [6, 6.07) is 12.4. The normalized spacial score (nSPS) is 21.8. The third-order valence-corrected chi connectivity index (χ3v) is 5.79. The summed E-state index contributed by atoms with van der Waals surface area (Å²) < 4.78 is 0. The van der Waals surface area contributed by atoms with Crippen LogP contribution in [-0.2, 0) is 0 Å². The monoisotopic (exact) mass is 452 g/mol. The van der Waals surface area contributed by atoms with E-state index in [0.717, 1.165) is 22.4 Å². The van der Waals surface area contributed by atoms with Crippen molar-refractivity contribution in [1.29, 1.82) is 0 Å². The van der Waals surface area contributed by atoms with Crippen molar-refractivity contribution >= 4 is 40.5 Å². The first-order chi connectivity index (χ1) is 15.2. The number of hydrogen-bond donors (Lipinski definition) is 1. The highest BCUT2D eigenvalue weighted by molar-refractivity contribution is 7.80. The van der Waals surface area contributed by atoms with Crippen molar-refractivity contribution in [1.82, 2.24) is 9.91 Å².